The van der Waals surface area contributed by atoms with Gasteiger partial charge in [-0.15, -0.1) is 0 Å². The van der Waals surface area contributed by atoms with Gasteiger partial charge < -0.3 is 60.3 Å². The molecule has 6 aliphatic rings. The van der Waals surface area contributed by atoms with E-state index in [0.29, 0.717) is 84.2 Å². The first-order valence-electron chi connectivity index (χ1n) is 24.3. The van der Waals surface area contributed by atoms with E-state index in [2.05, 4.69) is 16.0 Å². The fourth-order valence-electron chi connectivity index (χ4n) is 10.2. The lowest BCUT2D eigenvalue weighted by atomic mass is 10.0. The molecule has 4 aliphatic heterocycles. The molecule has 5 atom stereocenters. The van der Waals surface area contributed by atoms with E-state index in [1.54, 1.807) is 61.4 Å². The summed E-state index contributed by atoms with van der Waals surface area (Å²) in [5.41, 5.74) is 8.92. The van der Waals surface area contributed by atoms with Crippen LogP contribution in [0, 0.1) is 16.7 Å². The van der Waals surface area contributed by atoms with Crippen LogP contribution in [0.3, 0.4) is 0 Å². The van der Waals surface area contributed by atoms with Gasteiger partial charge in [-0.05, 0) is 111 Å². The van der Waals surface area contributed by atoms with Crippen LogP contribution in [0.5, 0.6) is 23.0 Å². The number of unbranched alkanes of at least 4 members (excludes halogenated alkanes) is 2. The summed E-state index contributed by atoms with van der Waals surface area (Å²) in [6.07, 6.45) is 5.73. The smallest absolute Gasteiger partial charge is 0.416 e. The van der Waals surface area contributed by atoms with Crippen molar-refractivity contribution < 1.29 is 52.8 Å². The molecule has 0 radical (unpaired) electrons. The number of nitrogens with two attached hydrogens (primary N) is 1. The predicted molar refractivity (Wildman–Crippen MR) is 256 cm³/mol. The van der Waals surface area contributed by atoms with E-state index in [9.17, 15) is 29.1 Å². The van der Waals surface area contributed by atoms with Gasteiger partial charge in [0.15, 0.2) is 29.2 Å². The molecule has 6 N–H and O–H groups in total. The monoisotopic (exact) mass is 951 g/mol. The number of amides is 5. The molecule has 0 aromatic heterocycles. The summed E-state index contributed by atoms with van der Waals surface area (Å²) in [6, 6.07) is 11.4. The van der Waals surface area contributed by atoms with Crippen LogP contribution in [0.1, 0.15) is 105 Å². The number of hydrogen-bond acceptors (Lipinski definition) is 13. The lowest BCUT2D eigenvalue weighted by Crippen LogP contribution is -2.50. The zero-order valence-corrected chi connectivity index (χ0v) is 40.1. The molecular formula is C51H65N7O11. The number of fused-ring (bicyclic) bond motifs is 4. The van der Waals surface area contributed by atoms with E-state index in [0.717, 1.165) is 42.8 Å². The summed E-state index contributed by atoms with van der Waals surface area (Å²) >= 11 is 0. The van der Waals surface area contributed by atoms with Gasteiger partial charge in [0.1, 0.15) is 12.6 Å². The average Bonchev–Trinajstić information content (AvgIpc) is 4.22. The van der Waals surface area contributed by atoms with Crippen LogP contribution in [0.15, 0.2) is 48.5 Å². The minimum Gasteiger partial charge on any atom is -0.493 e. The predicted octanol–water partition coefficient (Wildman–Crippen LogP) is 5.65. The first-order chi connectivity index (χ1) is 33.1. The van der Waals surface area contributed by atoms with Crippen LogP contribution in [0.25, 0.3) is 0 Å². The number of anilines is 3. The van der Waals surface area contributed by atoms with Crippen molar-refractivity contribution in [3.63, 3.8) is 0 Å². The first kappa shape index (κ1) is 47.8. The third-order valence-electron chi connectivity index (χ3n) is 14.9. The van der Waals surface area contributed by atoms with Crippen LogP contribution < -0.4 is 45.5 Å². The Bertz CT molecular complexity index is 2470. The van der Waals surface area contributed by atoms with Crippen molar-refractivity contribution >= 4 is 46.8 Å². The third-order valence-corrected chi connectivity index (χ3v) is 14.9. The molecule has 370 valence electrons. The normalized spacial score (nSPS) is 22.0. The highest BCUT2D eigenvalue weighted by molar-refractivity contribution is 6.06. The zero-order valence-electron chi connectivity index (χ0n) is 40.1. The van der Waals surface area contributed by atoms with Crippen molar-refractivity contribution in [3.8, 4) is 23.0 Å². The molecule has 2 aliphatic carbocycles. The minimum atomic E-state index is -1.40. The average molecular weight is 952 g/mol. The zero-order chi connectivity index (χ0) is 48.8. The number of methoxy groups -OCH3 is 2. The highest BCUT2D eigenvalue weighted by Gasteiger charge is 2.58. The molecule has 69 heavy (non-hydrogen) atoms. The van der Waals surface area contributed by atoms with Gasteiger partial charge >= 0.3 is 6.09 Å². The third kappa shape index (κ3) is 9.82. The Labute approximate surface area is 402 Å². The summed E-state index contributed by atoms with van der Waals surface area (Å²) in [5, 5.41) is 20.9. The molecular weight excluding hydrogens is 887 g/mol. The number of hydrogen-bond donors (Lipinski definition) is 5. The number of carbonyl (C=O) groups excluding carboxylic acids is 5. The molecule has 1 unspecified atom stereocenters. The van der Waals surface area contributed by atoms with Gasteiger partial charge in [-0.25, -0.2) is 9.69 Å². The number of benzene rings is 3. The van der Waals surface area contributed by atoms with E-state index in [1.807, 2.05) is 24.8 Å². The van der Waals surface area contributed by atoms with Crippen molar-refractivity contribution in [2.45, 2.75) is 116 Å². The Morgan fingerprint density at radius 3 is 2.04 bits per heavy atom. The molecule has 9 rings (SSSR count). The molecule has 2 spiro atoms. The maximum absolute atomic E-state index is 14.3. The van der Waals surface area contributed by atoms with E-state index >= 15 is 0 Å². The second-order valence-corrected chi connectivity index (χ2v) is 20.2. The fraction of sp³-hybridized carbons (Fsp3) is 0.549. The molecule has 3 aromatic carbocycles. The van der Waals surface area contributed by atoms with Crippen molar-refractivity contribution in [3.05, 3.63) is 65.2 Å². The summed E-state index contributed by atoms with van der Waals surface area (Å²) < 4.78 is 29.7. The minimum absolute atomic E-state index is 0.0369. The Morgan fingerprint density at radius 1 is 0.797 bits per heavy atom. The topological polar surface area (TPSA) is 224 Å². The maximum Gasteiger partial charge on any atom is 0.416 e. The molecule has 18 heteroatoms. The number of carbonyl (C=O) groups is 5. The fourth-order valence-corrected chi connectivity index (χ4v) is 10.2. The van der Waals surface area contributed by atoms with Crippen LogP contribution in [-0.4, -0.2) is 122 Å². The van der Waals surface area contributed by atoms with Crippen molar-refractivity contribution in [1.82, 2.24) is 15.1 Å². The number of aliphatic hydroxyl groups excluding tert-OH is 1. The Kier molecular flexibility index (Phi) is 13.3. The van der Waals surface area contributed by atoms with Crippen LogP contribution in [0.2, 0.25) is 0 Å². The van der Waals surface area contributed by atoms with Gasteiger partial charge in [-0.2, -0.15) is 0 Å². The van der Waals surface area contributed by atoms with Crippen molar-refractivity contribution in [2.24, 2.45) is 22.5 Å². The highest BCUT2D eigenvalue weighted by atomic mass is 16.6. The lowest BCUT2D eigenvalue weighted by molar-refractivity contribution is -0.127. The molecule has 4 fully saturated rings. The summed E-state index contributed by atoms with van der Waals surface area (Å²) in [7, 11) is 3.06. The van der Waals surface area contributed by atoms with Crippen LogP contribution >= 0.6 is 0 Å². The molecule has 5 amide bonds. The van der Waals surface area contributed by atoms with Crippen molar-refractivity contribution in [2.75, 3.05) is 62.6 Å². The van der Waals surface area contributed by atoms with Gasteiger partial charge in [0, 0.05) is 43.5 Å². The SMILES string of the molecule is COc1cc2c(cc1OCCCCCOc1cc3c(cc1OC)C(=O)N1CC4(CC4)C[C@H]1C(O)N3C(=O)OCc1ccc(NC(=O)[C@H](C)NC(=O)[C@@H](N)C(C)C)cc1)NC[C@@H]1CC3(CC3)CN1C2=O. The van der Waals surface area contributed by atoms with E-state index < -0.39 is 42.3 Å². The Balaban J connectivity index is 0.820. The first-order valence-corrected chi connectivity index (χ1v) is 24.3. The number of aliphatic hydroxyl groups is 1. The number of nitrogens with zero attached hydrogens (tertiary/aromatic N) is 3. The van der Waals surface area contributed by atoms with Gasteiger partial charge in [0.25, 0.3) is 11.8 Å². The van der Waals surface area contributed by atoms with Crippen LogP contribution in [0.4, 0.5) is 21.9 Å². The Hall–Kier alpha value is -6.27. The lowest BCUT2D eigenvalue weighted by Gasteiger charge is -2.31. The quantitative estimate of drug-likeness (QED) is 0.103. The second kappa shape index (κ2) is 19.3. The Morgan fingerprint density at radius 2 is 1.41 bits per heavy atom. The van der Waals surface area contributed by atoms with Gasteiger partial charge in [-0.1, -0.05) is 26.0 Å². The van der Waals surface area contributed by atoms with E-state index in [1.165, 1.54) is 20.0 Å². The van der Waals surface area contributed by atoms with E-state index in [4.69, 9.17) is 29.4 Å². The van der Waals surface area contributed by atoms with E-state index in [-0.39, 0.29) is 53.7 Å². The second-order valence-electron chi connectivity index (χ2n) is 20.2. The van der Waals surface area contributed by atoms with Gasteiger partial charge in [0.2, 0.25) is 11.8 Å². The molecule has 2 saturated carbocycles. The number of nitrogens with one attached hydrogen (secondary N) is 3. The standard InChI is InChI=1S/C51H65N7O11/c1-29(2)43(52)45(60)54-30(3)44(59)55-32-11-9-31(10-12-32)26-69-49(64)58-37-22-42(40(66-5)20-35(37)47(62)57-28-51(15-16-51)24-38(57)48(58)63)68-18-8-6-7-17-67-41-21-36-34(19-39(41)65-4)46(61)56-27-50(13-14-50)23-33(56)25-53-36/h9-12,19-22,29-30,33,38,43,48,53,63H,6-8,13-18,23-28,52H2,1-5H3,(H,54,60)(H,55,59)/t30-,33-,38-,43-,48?/m0/s1. The molecule has 2 saturated heterocycles. The summed E-state index contributed by atoms with van der Waals surface area (Å²) in [4.78, 5) is 72.1. The summed E-state index contributed by atoms with van der Waals surface area (Å²) in [6.45, 7) is 7.76. The molecule has 3 aromatic rings. The van der Waals surface area contributed by atoms with Gasteiger partial charge in [-0.3, -0.25) is 19.2 Å². The maximum atomic E-state index is 14.3. The highest BCUT2D eigenvalue weighted by Crippen LogP contribution is 2.57. The largest absolute Gasteiger partial charge is 0.493 e. The molecule has 0 bridgehead atoms. The number of rotatable bonds is 17. The number of ether oxygens (including phenoxy) is 5. The molecule has 4 heterocycles. The molecule has 18 nitrogen and oxygen atoms in total. The van der Waals surface area contributed by atoms with Crippen molar-refractivity contribution in [1.29, 1.82) is 0 Å². The summed E-state index contributed by atoms with van der Waals surface area (Å²) in [5.74, 6) is 0.474. The van der Waals surface area contributed by atoms with Crippen LogP contribution in [-0.2, 0) is 20.9 Å². The van der Waals surface area contributed by atoms with Gasteiger partial charge in [0.05, 0.1) is 62.0 Å².